The van der Waals surface area contributed by atoms with Gasteiger partial charge >= 0.3 is 0 Å². The van der Waals surface area contributed by atoms with Crippen LogP contribution in [0.4, 0.5) is 0 Å². The lowest BCUT2D eigenvalue weighted by Gasteiger charge is -2.07. The summed E-state index contributed by atoms with van der Waals surface area (Å²) in [4.78, 5) is 0. The number of ether oxygens (including phenoxy) is 1. The first-order valence-corrected chi connectivity index (χ1v) is 5.14. The Balaban J connectivity index is 2.59. The first-order chi connectivity index (χ1) is 6.24. The number of hydrogen-bond donors (Lipinski definition) is 1. The molecule has 72 valence electrons. The van der Waals surface area contributed by atoms with Gasteiger partial charge in [0.2, 0.25) is 0 Å². The number of hydrogen-bond acceptors (Lipinski definition) is 2. The van der Waals surface area contributed by atoms with E-state index in [2.05, 4.69) is 22.9 Å². The second-order valence-electron chi connectivity index (χ2n) is 2.81. The minimum absolute atomic E-state index is 0.194. The first kappa shape index (κ1) is 10.4. The van der Waals surface area contributed by atoms with E-state index in [0.29, 0.717) is 12.4 Å². The lowest BCUT2D eigenvalue weighted by atomic mass is 10.3. The molecule has 0 aromatic heterocycles. The number of halogens is 1. The van der Waals surface area contributed by atoms with E-state index in [9.17, 15) is 5.11 Å². The van der Waals surface area contributed by atoms with Crippen LogP contribution in [0, 0.1) is 0 Å². The van der Waals surface area contributed by atoms with E-state index in [-0.39, 0.29) is 5.75 Å². The van der Waals surface area contributed by atoms with Crippen molar-refractivity contribution in [1.82, 2.24) is 0 Å². The normalized spacial score (nSPS) is 10.0. The summed E-state index contributed by atoms with van der Waals surface area (Å²) >= 11 is 3.31. The summed E-state index contributed by atoms with van der Waals surface area (Å²) in [5.74, 6) is 0.738. The third-order valence-corrected chi connectivity index (χ3v) is 2.17. The van der Waals surface area contributed by atoms with Crippen LogP contribution in [0.2, 0.25) is 0 Å². The van der Waals surface area contributed by atoms with Gasteiger partial charge in [0.05, 0.1) is 6.61 Å². The molecule has 0 aliphatic carbocycles. The number of rotatable bonds is 4. The molecule has 0 unspecified atom stereocenters. The number of phenols is 1. The van der Waals surface area contributed by atoms with Crippen molar-refractivity contribution in [2.24, 2.45) is 0 Å². The smallest absolute Gasteiger partial charge is 0.162 e. The zero-order valence-electron chi connectivity index (χ0n) is 7.59. The van der Waals surface area contributed by atoms with E-state index in [4.69, 9.17) is 4.74 Å². The molecule has 3 heteroatoms. The molecule has 0 fully saturated rings. The van der Waals surface area contributed by atoms with Gasteiger partial charge in [0.25, 0.3) is 0 Å². The predicted octanol–water partition coefficient (Wildman–Crippen LogP) is 3.33. The highest BCUT2D eigenvalue weighted by Gasteiger charge is 2.01. The van der Waals surface area contributed by atoms with Gasteiger partial charge in [-0.3, -0.25) is 0 Å². The van der Waals surface area contributed by atoms with Gasteiger partial charge in [-0.15, -0.1) is 0 Å². The first-order valence-electron chi connectivity index (χ1n) is 4.35. The molecule has 0 amide bonds. The number of unbranched alkanes of at least 4 members (excludes halogenated alkanes) is 1. The minimum atomic E-state index is 0.194. The maximum absolute atomic E-state index is 9.39. The Morgan fingerprint density at radius 2 is 2.23 bits per heavy atom. The molecule has 0 saturated carbocycles. The molecule has 13 heavy (non-hydrogen) atoms. The second-order valence-corrected chi connectivity index (χ2v) is 3.73. The van der Waals surface area contributed by atoms with Crippen molar-refractivity contribution >= 4 is 15.9 Å². The van der Waals surface area contributed by atoms with Crippen LogP contribution in [-0.2, 0) is 0 Å². The zero-order valence-corrected chi connectivity index (χ0v) is 9.17. The maximum Gasteiger partial charge on any atom is 0.162 e. The van der Waals surface area contributed by atoms with Crippen molar-refractivity contribution in [3.05, 3.63) is 22.7 Å². The highest BCUT2D eigenvalue weighted by atomic mass is 79.9. The van der Waals surface area contributed by atoms with Gasteiger partial charge in [-0.2, -0.15) is 0 Å². The van der Waals surface area contributed by atoms with Crippen LogP contribution in [0.5, 0.6) is 11.5 Å². The topological polar surface area (TPSA) is 29.5 Å². The second kappa shape index (κ2) is 5.12. The quantitative estimate of drug-likeness (QED) is 0.824. The average molecular weight is 245 g/mol. The third kappa shape index (κ3) is 3.27. The van der Waals surface area contributed by atoms with Crippen molar-refractivity contribution < 1.29 is 9.84 Å². The Kier molecular flexibility index (Phi) is 4.09. The SMILES string of the molecule is CCCCOc1cc(Br)ccc1O. The summed E-state index contributed by atoms with van der Waals surface area (Å²) < 4.78 is 6.29. The van der Waals surface area contributed by atoms with Gasteiger partial charge in [-0.05, 0) is 24.6 Å². The summed E-state index contributed by atoms with van der Waals surface area (Å²) in [6.45, 7) is 2.75. The van der Waals surface area contributed by atoms with E-state index in [1.807, 2.05) is 0 Å². The van der Waals surface area contributed by atoms with E-state index in [1.165, 1.54) is 0 Å². The van der Waals surface area contributed by atoms with Crippen LogP contribution in [0.1, 0.15) is 19.8 Å². The molecule has 1 aromatic rings. The van der Waals surface area contributed by atoms with Crippen LogP contribution in [0.3, 0.4) is 0 Å². The molecule has 2 nitrogen and oxygen atoms in total. The number of benzene rings is 1. The summed E-state index contributed by atoms with van der Waals surface area (Å²) in [5.41, 5.74) is 0. The molecule has 0 spiro atoms. The van der Waals surface area contributed by atoms with Gasteiger partial charge in [0.15, 0.2) is 11.5 Å². The van der Waals surface area contributed by atoms with Crippen LogP contribution in [0.25, 0.3) is 0 Å². The highest BCUT2D eigenvalue weighted by Crippen LogP contribution is 2.29. The minimum Gasteiger partial charge on any atom is -0.504 e. The van der Waals surface area contributed by atoms with E-state index in [1.54, 1.807) is 18.2 Å². The zero-order chi connectivity index (χ0) is 9.68. The fourth-order valence-electron chi connectivity index (χ4n) is 0.930. The van der Waals surface area contributed by atoms with Gasteiger partial charge in [0, 0.05) is 4.47 Å². The highest BCUT2D eigenvalue weighted by molar-refractivity contribution is 9.10. The number of aromatic hydroxyl groups is 1. The summed E-state index contributed by atoms with van der Waals surface area (Å²) in [6.07, 6.45) is 2.10. The van der Waals surface area contributed by atoms with Crippen LogP contribution < -0.4 is 4.74 Å². The molecule has 0 atom stereocenters. The molecular formula is C10H13BrO2. The van der Waals surface area contributed by atoms with E-state index < -0.39 is 0 Å². The summed E-state index contributed by atoms with van der Waals surface area (Å²) in [6, 6.07) is 5.17. The molecule has 0 aliphatic heterocycles. The lowest BCUT2D eigenvalue weighted by Crippen LogP contribution is -1.96. The molecule has 0 aliphatic rings. The summed E-state index contributed by atoms with van der Waals surface area (Å²) in [7, 11) is 0. The lowest BCUT2D eigenvalue weighted by molar-refractivity contribution is 0.292. The van der Waals surface area contributed by atoms with Crippen molar-refractivity contribution in [2.75, 3.05) is 6.61 Å². The number of phenolic OH excluding ortho intramolecular Hbond substituents is 1. The van der Waals surface area contributed by atoms with Crippen LogP contribution >= 0.6 is 15.9 Å². The monoisotopic (exact) mass is 244 g/mol. The van der Waals surface area contributed by atoms with Gasteiger partial charge < -0.3 is 9.84 Å². The van der Waals surface area contributed by atoms with Crippen molar-refractivity contribution in [3.8, 4) is 11.5 Å². The molecular weight excluding hydrogens is 232 g/mol. The molecule has 1 aromatic carbocycles. The van der Waals surface area contributed by atoms with Crippen LogP contribution in [0.15, 0.2) is 22.7 Å². The fourth-order valence-corrected chi connectivity index (χ4v) is 1.27. The van der Waals surface area contributed by atoms with Gasteiger partial charge in [-0.1, -0.05) is 29.3 Å². The van der Waals surface area contributed by atoms with Gasteiger partial charge in [-0.25, -0.2) is 0 Å². The third-order valence-electron chi connectivity index (χ3n) is 1.68. The Labute approximate surface area is 86.7 Å². The maximum atomic E-state index is 9.39. The Hall–Kier alpha value is -0.700. The summed E-state index contributed by atoms with van der Waals surface area (Å²) in [5, 5.41) is 9.39. The van der Waals surface area contributed by atoms with Crippen molar-refractivity contribution in [3.63, 3.8) is 0 Å². The van der Waals surface area contributed by atoms with Gasteiger partial charge in [0.1, 0.15) is 0 Å². The largest absolute Gasteiger partial charge is 0.504 e. The standard InChI is InChI=1S/C10H13BrO2/c1-2-3-6-13-10-7-8(11)4-5-9(10)12/h4-5,7,12H,2-3,6H2,1H3. The molecule has 1 N–H and O–H groups in total. The Morgan fingerprint density at radius 3 is 2.92 bits per heavy atom. The molecule has 0 heterocycles. The fraction of sp³-hybridized carbons (Fsp3) is 0.400. The average Bonchev–Trinajstić information content (AvgIpc) is 2.11. The predicted molar refractivity (Wildman–Crippen MR) is 56.2 cm³/mol. The molecule has 1 rings (SSSR count). The van der Waals surface area contributed by atoms with Crippen molar-refractivity contribution in [1.29, 1.82) is 0 Å². The van der Waals surface area contributed by atoms with Crippen molar-refractivity contribution in [2.45, 2.75) is 19.8 Å². The Morgan fingerprint density at radius 1 is 1.46 bits per heavy atom. The Bertz CT molecular complexity index is 274. The van der Waals surface area contributed by atoms with Crippen LogP contribution in [-0.4, -0.2) is 11.7 Å². The van der Waals surface area contributed by atoms with E-state index >= 15 is 0 Å². The molecule has 0 bridgehead atoms. The van der Waals surface area contributed by atoms with E-state index in [0.717, 1.165) is 17.3 Å². The molecule has 0 radical (unpaired) electrons. The molecule has 0 saturated heterocycles.